The van der Waals surface area contributed by atoms with E-state index in [0.29, 0.717) is 0 Å². The van der Waals surface area contributed by atoms with E-state index >= 15 is 0 Å². The number of hydrogen-bond acceptors (Lipinski definition) is 2. The molecular weight excluding hydrogens is 289 g/mol. The van der Waals surface area contributed by atoms with Gasteiger partial charge in [0.2, 0.25) is 0 Å². The van der Waals surface area contributed by atoms with Crippen molar-refractivity contribution in [1.29, 1.82) is 0 Å². The predicted octanol–water partition coefficient (Wildman–Crippen LogP) is 3.18. The molecule has 0 saturated carbocycles. The molecule has 1 aromatic rings. The first-order valence-electron chi connectivity index (χ1n) is 4.49. The second-order valence-electron chi connectivity index (χ2n) is 4.32. The molecule has 0 heterocycles. The molecule has 0 aliphatic carbocycles. The van der Waals surface area contributed by atoms with E-state index < -0.39 is 0 Å². The Hall–Kier alpha value is -0.450. The van der Waals surface area contributed by atoms with Gasteiger partial charge in [0.15, 0.2) is 0 Å². The minimum atomic E-state index is 0.0541. The van der Waals surface area contributed by atoms with Crippen molar-refractivity contribution in [3.63, 3.8) is 0 Å². The van der Waals surface area contributed by atoms with Crippen molar-refractivity contribution < 1.29 is 4.74 Å². The maximum absolute atomic E-state index is 6.02. The van der Waals surface area contributed by atoms with Crippen molar-refractivity contribution in [2.45, 2.75) is 26.2 Å². The number of hydrogen-bond donors (Lipinski definition) is 1. The van der Waals surface area contributed by atoms with Crippen molar-refractivity contribution >= 4 is 28.3 Å². The van der Waals surface area contributed by atoms with Gasteiger partial charge < -0.3 is 10.5 Å². The van der Waals surface area contributed by atoms with Crippen LogP contribution in [0.1, 0.15) is 26.3 Å². The Bertz CT molecular complexity index is 342. The molecule has 3 heteroatoms. The Labute approximate surface area is 99.0 Å². The fourth-order valence-electron chi connectivity index (χ4n) is 1.38. The molecule has 0 amide bonds. The third-order valence-corrected chi connectivity index (χ3v) is 2.76. The molecule has 1 rings (SSSR count). The smallest absolute Gasteiger partial charge is 0.143 e. The van der Waals surface area contributed by atoms with E-state index in [1.165, 1.54) is 0 Å². The van der Waals surface area contributed by atoms with E-state index in [2.05, 4.69) is 49.4 Å². The second kappa shape index (κ2) is 3.96. The van der Waals surface area contributed by atoms with Gasteiger partial charge in [-0.3, -0.25) is 0 Å². The van der Waals surface area contributed by atoms with Gasteiger partial charge in [-0.25, -0.2) is 0 Å². The van der Waals surface area contributed by atoms with Crippen molar-refractivity contribution in [2.24, 2.45) is 0 Å². The van der Waals surface area contributed by atoms with Crippen LogP contribution in [0.4, 0.5) is 5.69 Å². The highest BCUT2D eigenvalue weighted by Gasteiger charge is 2.19. The van der Waals surface area contributed by atoms with Crippen LogP contribution in [-0.4, -0.2) is 7.11 Å². The van der Waals surface area contributed by atoms with Crippen LogP contribution in [0, 0.1) is 3.57 Å². The van der Waals surface area contributed by atoms with Crippen molar-refractivity contribution in [3.8, 4) is 5.75 Å². The van der Waals surface area contributed by atoms with Crippen LogP contribution in [0.5, 0.6) is 5.75 Å². The standard InChI is InChI=1S/C11H16INO/c1-11(2,3)8-5-7(12)6-9(14-4)10(8)13/h5-6H,13H2,1-4H3. The van der Waals surface area contributed by atoms with Gasteiger partial charge in [0.25, 0.3) is 0 Å². The van der Waals surface area contributed by atoms with Gasteiger partial charge in [-0.15, -0.1) is 0 Å². The van der Waals surface area contributed by atoms with E-state index in [-0.39, 0.29) is 5.41 Å². The van der Waals surface area contributed by atoms with Gasteiger partial charge in [0.1, 0.15) is 5.75 Å². The first kappa shape index (κ1) is 11.6. The van der Waals surface area contributed by atoms with Crippen LogP contribution < -0.4 is 10.5 Å². The van der Waals surface area contributed by atoms with Crippen LogP contribution in [0.25, 0.3) is 0 Å². The Balaban J connectivity index is 3.37. The average molecular weight is 305 g/mol. The van der Waals surface area contributed by atoms with E-state index in [0.717, 1.165) is 20.6 Å². The maximum atomic E-state index is 6.02. The third kappa shape index (κ3) is 2.32. The number of halogens is 1. The lowest BCUT2D eigenvalue weighted by atomic mass is 9.86. The molecule has 0 saturated heterocycles. The molecule has 0 spiro atoms. The first-order chi connectivity index (χ1) is 6.36. The number of ether oxygens (including phenoxy) is 1. The number of benzene rings is 1. The highest BCUT2D eigenvalue weighted by molar-refractivity contribution is 14.1. The Morgan fingerprint density at radius 1 is 1.29 bits per heavy atom. The highest BCUT2D eigenvalue weighted by Crippen LogP contribution is 2.35. The van der Waals surface area contributed by atoms with Crippen LogP contribution >= 0.6 is 22.6 Å². The van der Waals surface area contributed by atoms with Gasteiger partial charge in [0, 0.05) is 3.57 Å². The lowest BCUT2D eigenvalue weighted by Gasteiger charge is -2.22. The van der Waals surface area contributed by atoms with E-state index in [4.69, 9.17) is 10.5 Å². The molecule has 14 heavy (non-hydrogen) atoms. The molecule has 1 aromatic carbocycles. The second-order valence-corrected chi connectivity index (χ2v) is 5.56. The summed E-state index contributed by atoms with van der Waals surface area (Å²) >= 11 is 2.28. The molecule has 0 bridgehead atoms. The number of rotatable bonds is 1. The van der Waals surface area contributed by atoms with Crippen molar-refractivity contribution in [1.82, 2.24) is 0 Å². The van der Waals surface area contributed by atoms with Gasteiger partial charge in [0.05, 0.1) is 12.8 Å². The summed E-state index contributed by atoms with van der Waals surface area (Å²) in [6.07, 6.45) is 0. The maximum Gasteiger partial charge on any atom is 0.143 e. The fraction of sp³-hybridized carbons (Fsp3) is 0.455. The SMILES string of the molecule is COc1cc(I)cc(C(C)(C)C)c1N. The topological polar surface area (TPSA) is 35.2 Å². The normalized spacial score (nSPS) is 11.5. The quantitative estimate of drug-likeness (QED) is 0.639. The lowest BCUT2D eigenvalue weighted by molar-refractivity contribution is 0.415. The molecule has 0 radical (unpaired) electrons. The van der Waals surface area contributed by atoms with Gasteiger partial charge >= 0.3 is 0 Å². The van der Waals surface area contributed by atoms with Gasteiger partial charge in [-0.2, -0.15) is 0 Å². The highest BCUT2D eigenvalue weighted by atomic mass is 127. The van der Waals surface area contributed by atoms with Crippen LogP contribution in [-0.2, 0) is 5.41 Å². The summed E-state index contributed by atoms with van der Waals surface area (Å²) in [5, 5.41) is 0. The summed E-state index contributed by atoms with van der Waals surface area (Å²) in [4.78, 5) is 0. The van der Waals surface area contributed by atoms with E-state index in [1.54, 1.807) is 7.11 Å². The molecule has 0 aliphatic rings. The van der Waals surface area contributed by atoms with Gasteiger partial charge in [-0.1, -0.05) is 20.8 Å². The molecular formula is C11H16INO. The van der Waals surface area contributed by atoms with E-state index in [9.17, 15) is 0 Å². The number of nitrogens with two attached hydrogens (primary N) is 1. The van der Waals surface area contributed by atoms with Crippen LogP contribution in [0.15, 0.2) is 12.1 Å². The number of methoxy groups -OCH3 is 1. The summed E-state index contributed by atoms with van der Waals surface area (Å²) in [6, 6.07) is 4.06. The zero-order valence-corrected chi connectivity index (χ0v) is 11.2. The van der Waals surface area contributed by atoms with Crippen molar-refractivity contribution in [3.05, 3.63) is 21.3 Å². The Morgan fingerprint density at radius 3 is 2.29 bits per heavy atom. The van der Waals surface area contributed by atoms with Crippen molar-refractivity contribution in [2.75, 3.05) is 12.8 Å². The summed E-state index contributed by atoms with van der Waals surface area (Å²) in [6.45, 7) is 6.44. The Kier molecular flexibility index (Phi) is 3.29. The third-order valence-electron chi connectivity index (χ3n) is 2.13. The molecule has 0 aromatic heterocycles. The molecule has 78 valence electrons. The predicted molar refractivity (Wildman–Crippen MR) is 68.8 cm³/mol. The fourth-order valence-corrected chi connectivity index (χ4v) is 1.98. The lowest BCUT2D eigenvalue weighted by Crippen LogP contribution is -2.15. The molecule has 2 N–H and O–H groups in total. The van der Waals surface area contributed by atoms with E-state index in [1.807, 2.05) is 6.07 Å². The number of anilines is 1. The zero-order chi connectivity index (χ0) is 10.9. The first-order valence-corrected chi connectivity index (χ1v) is 5.57. The minimum absolute atomic E-state index is 0.0541. The molecule has 0 aliphatic heterocycles. The molecule has 0 fully saturated rings. The summed E-state index contributed by atoms with van der Waals surface area (Å²) in [5.74, 6) is 0.766. The largest absolute Gasteiger partial charge is 0.495 e. The number of nitrogen functional groups attached to an aromatic ring is 1. The summed E-state index contributed by atoms with van der Waals surface area (Å²) in [7, 11) is 1.65. The van der Waals surface area contributed by atoms with Crippen LogP contribution in [0.3, 0.4) is 0 Å². The minimum Gasteiger partial charge on any atom is -0.495 e. The summed E-state index contributed by atoms with van der Waals surface area (Å²) < 4.78 is 6.38. The average Bonchev–Trinajstić information content (AvgIpc) is 2.06. The summed E-state index contributed by atoms with van der Waals surface area (Å²) in [5.41, 5.74) is 7.97. The molecule has 0 atom stereocenters. The molecule has 2 nitrogen and oxygen atoms in total. The Morgan fingerprint density at radius 2 is 1.86 bits per heavy atom. The van der Waals surface area contributed by atoms with Gasteiger partial charge in [-0.05, 0) is 45.7 Å². The zero-order valence-electron chi connectivity index (χ0n) is 9.02. The monoisotopic (exact) mass is 305 g/mol. The molecule has 0 unspecified atom stereocenters. The van der Waals surface area contributed by atoms with Crippen LogP contribution in [0.2, 0.25) is 0 Å².